The van der Waals surface area contributed by atoms with Crippen LogP contribution in [-0.4, -0.2) is 13.1 Å². The summed E-state index contributed by atoms with van der Waals surface area (Å²) >= 11 is 0. The highest BCUT2D eigenvalue weighted by Crippen LogP contribution is 2.28. The minimum Gasteiger partial charge on any atom is -0.316 e. The van der Waals surface area contributed by atoms with Crippen LogP contribution < -0.4 is 5.32 Å². The second-order valence-electron chi connectivity index (χ2n) is 6.48. The van der Waals surface area contributed by atoms with Gasteiger partial charge >= 0.3 is 0 Å². The van der Waals surface area contributed by atoms with Gasteiger partial charge in [-0.15, -0.1) is 0 Å². The molecule has 110 valence electrons. The molecule has 1 unspecified atom stereocenters. The first-order valence-electron chi connectivity index (χ1n) is 8.00. The normalized spacial score (nSPS) is 18.1. The Bertz CT molecular complexity index is 625. The van der Waals surface area contributed by atoms with Crippen LogP contribution in [0.5, 0.6) is 0 Å². The lowest BCUT2D eigenvalue weighted by Gasteiger charge is -2.19. The van der Waals surface area contributed by atoms with E-state index in [0.717, 1.165) is 25.9 Å². The van der Waals surface area contributed by atoms with Gasteiger partial charge in [-0.25, -0.2) is 0 Å². The Labute approximate surface area is 128 Å². The van der Waals surface area contributed by atoms with Crippen LogP contribution in [0, 0.1) is 20.8 Å². The van der Waals surface area contributed by atoms with Crippen molar-refractivity contribution in [3.05, 3.63) is 69.8 Å². The Hall–Kier alpha value is -1.60. The zero-order chi connectivity index (χ0) is 14.8. The molecular weight excluding hydrogens is 254 g/mol. The molecule has 0 bridgehead atoms. The molecule has 21 heavy (non-hydrogen) atoms. The molecule has 0 spiro atoms. The van der Waals surface area contributed by atoms with E-state index in [4.69, 9.17) is 0 Å². The van der Waals surface area contributed by atoms with Crippen molar-refractivity contribution >= 4 is 0 Å². The fourth-order valence-corrected chi connectivity index (χ4v) is 3.29. The molecule has 1 aliphatic heterocycles. The van der Waals surface area contributed by atoms with Crippen molar-refractivity contribution < 1.29 is 0 Å². The second kappa shape index (κ2) is 6.03. The predicted octanol–water partition coefficient (Wildman–Crippen LogP) is 4.08. The van der Waals surface area contributed by atoms with E-state index in [1.165, 1.54) is 22.3 Å². The minimum atomic E-state index is 0.588. The maximum Gasteiger partial charge on any atom is 0.00235 e. The number of fused-ring (bicyclic) bond motifs is 1. The third-order valence-electron chi connectivity index (χ3n) is 4.76. The topological polar surface area (TPSA) is 12.0 Å². The zero-order valence-electron chi connectivity index (χ0n) is 13.4. The minimum absolute atomic E-state index is 0.588. The quantitative estimate of drug-likeness (QED) is 0.873. The summed E-state index contributed by atoms with van der Waals surface area (Å²) in [4.78, 5) is 0. The second-order valence-corrected chi connectivity index (χ2v) is 6.48. The largest absolute Gasteiger partial charge is 0.316 e. The molecule has 2 aromatic rings. The highest BCUT2D eigenvalue weighted by Gasteiger charge is 2.19. The molecule has 1 N–H and O–H groups in total. The SMILES string of the molecule is Cc1ccc(CC2CNCCc3cc(C)c(C)cc32)cc1. The van der Waals surface area contributed by atoms with Crippen LogP contribution in [0.15, 0.2) is 36.4 Å². The van der Waals surface area contributed by atoms with Crippen LogP contribution in [-0.2, 0) is 12.8 Å². The molecule has 0 aromatic heterocycles. The van der Waals surface area contributed by atoms with E-state index in [9.17, 15) is 0 Å². The van der Waals surface area contributed by atoms with E-state index < -0.39 is 0 Å². The summed E-state index contributed by atoms with van der Waals surface area (Å²) in [6.45, 7) is 8.79. The number of aryl methyl sites for hydroxylation is 3. The maximum atomic E-state index is 3.61. The molecule has 0 saturated heterocycles. The molecule has 1 nitrogen and oxygen atoms in total. The van der Waals surface area contributed by atoms with Gasteiger partial charge in [0.2, 0.25) is 0 Å². The fourth-order valence-electron chi connectivity index (χ4n) is 3.29. The summed E-state index contributed by atoms with van der Waals surface area (Å²) in [6.07, 6.45) is 2.28. The predicted molar refractivity (Wildman–Crippen MR) is 90.1 cm³/mol. The third-order valence-corrected chi connectivity index (χ3v) is 4.76. The van der Waals surface area contributed by atoms with Crippen LogP contribution in [0.1, 0.15) is 39.3 Å². The van der Waals surface area contributed by atoms with Crippen LogP contribution in [0.4, 0.5) is 0 Å². The van der Waals surface area contributed by atoms with Gasteiger partial charge in [0.05, 0.1) is 0 Å². The Morgan fingerprint density at radius 2 is 1.71 bits per heavy atom. The molecular formula is C20H25N. The summed E-state index contributed by atoms with van der Waals surface area (Å²) in [5, 5.41) is 3.61. The molecule has 0 saturated carbocycles. The Balaban J connectivity index is 1.92. The average Bonchev–Trinajstić information content (AvgIpc) is 2.65. The smallest absolute Gasteiger partial charge is 0.00235 e. The lowest BCUT2D eigenvalue weighted by atomic mass is 9.86. The lowest BCUT2D eigenvalue weighted by molar-refractivity contribution is 0.605. The summed E-state index contributed by atoms with van der Waals surface area (Å²) in [5.41, 5.74) is 8.72. The molecule has 3 rings (SSSR count). The first kappa shape index (κ1) is 14.3. The lowest BCUT2D eigenvalue weighted by Crippen LogP contribution is -2.21. The summed E-state index contributed by atoms with van der Waals surface area (Å²) in [6, 6.07) is 13.8. The van der Waals surface area contributed by atoms with Crippen molar-refractivity contribution in [2.24, 2.45) is 0 Å². The van der Waals surface area contributed by atoms with Gasteiger partial charge in [0, 0.05) is 12.5 Å². The monoisotopic (exact) mass is 279 g/mol. The molecule has 0 radical (unpaired) electrons. The van der Waals surface area contributed by atoms with E-state index in [0.29, 0.717) is 5.92 Å². The van der Waals surface area contributed by atoms with Crippen molar-refractivity contribution in [1.82, 2.24) is 5.32 Å². The number of rotatable bonds is 2. The Kier molecular flexibility index (Phi) is 4.12. The summed E-state index contributed by atoms with van der Waals surface area (Å²) < 4.78 is 0. The number of hydrogen-bond donors (Lipinski definition) is 1. The van der Waals surface area contributed by atoms with Gasteiger partial charge in [0.1, 0.15) is 0 Å². The van der Waals surface area contributed by atoms with Crippen molar-refractivity contribution in [2.75, 3.05) is 13.1 Å². The van der Waals surface area contributed by atoms with Crippen LogP contribution in [0.2, 0.25) is 0 Å². The fraction of sp³-hybridized carbons (Fsp3) is 0.400. The number of benzene rings is 2. The van der Waals surface area contributed by atoms with Crippen molar-refractivity contribution in [1.29, 1.82) is 0 Å². The van der Waals surface area contributed by atoms with E-state index >= 15 is 0 Å². The van der Waals surface area contributed by atoms with Gasteiger partial charge in [-0.2, -0.15) is 0 Å². The summed E-state index contributed by atoms with van der Waals surface area (Å²) in [5.74, 6) is 0.588. The highest BCUT2D eigenvalue weighted by atomic mass is 14.9. The van der Waals surface area contributed by atoms with Crippen molar-refractivity contribution in [3.8, 4) is 0 Å². The Morgan fingerprint density at radius 1 is 1.00 bits per heavy atom. The number of hydrogen-bond acceptors (Lipinski definition) is 1. The molecule has 1 heteroatoms. The molecule has 0 aliphatic carbocycles. The van der Waals surface area contributed by atoms with E-state index in [1.54, 1.807) is 11.1 Å². The van der Waals surface area contributed by atoms with E-state index in [-0.39, 0.29) is 0 Å². The molecule has 1 heterocycles. The van der Waals surface area contributed by atoms with Crippen LogP contribution >= 0.6 is 0 Å². The summed E-state index contributed by atoms with van der Waals surface area (Å²) in [7, 11) is 0. The molecule has 1 atom stereocenters. The third kappa shape index (κ3) is 3.19. The number of nitrogens with one attached hydrogen (secondary N) is 1. The molecule has 0 fully saturated rings. The van der Waals surface area contributed by atoms with Gasteiger partial charge in [0.25, 0.3) is 0 Å². The standard InChI is InChI=1S/C20H25N/c1-14-4-6-17(7-5-14)12-19-13-21-9-8-18-10-15(2)16(3)11-20(18)19/h4-7,10-11,19,21H,8-9,12-13H2,1-3H3. The van der Waals surface area contributed by atoms with Gasteiger partial charge in [0.15, 0.2) is 0 Å². The first-order valence-corrected chi connectivity index (χ1v) is 8.00. The van der Waals surface area contributed by atoms with Gasteiger partial charge in [-0.1, -0.05) is 42.0 Å². The van der Waals surface area contributed by atoms with E-state index in [2.05, 4.69) is 62.5 Å². The molecule has 2 aromatic carbocycles. The molecule has 0 amide bonds. The molecule has 1 aliphatic rings. The first-order chi connectivity index (χ1) is 10.1. The van der Waals surface area contributed by atoms with Crippen molar-refractivity contribution in [2.45, 2.75) is 39.5 Å². The Morgan fingerprint density at radius 3 is 2.48 bits per heavy atom. The van der Waals surface area contributed by atoms with Crippen LogP contribution in [0.25, 0.3) is 0 Å². The van der Waals surface area contributed by atoms with Crippen molar-refractivity contribution in [3.63, 3.8) is 0 Å². The maximum absolute atomic E-state index is 3.61. The zero-order valence-corrected chi connectivity index (χ0v) is 13.4. The average molecular weight is 279 g/mol. The van der Waals surface area contributed by atoms with Gasteiger partial charge in [-0.3, -0.25) is 0 Å². The van der Waals surface area contributed by atoms with Gasteiger partial charge < -0.3 is 5.32 Å². The van der Waals surface area contributed by atoms with Gasteiger partial charge in [-0.05, 0) is 68.0 Å². The highest BCUT2D eigenvalue weighted by molar-refractivity contribution is 5.41. The van der Waals surface area contributed by atoms with Crippen LogP contribution in [0.3, 0.4) is 0 Å². The van der Waals surface area contributed by atoms with E-state index in [1.807, 2.05) is 0 Å².